The molecule has 0 bridgehead atoms. The van der Waals surface area contributed by atoms with Gasteiger partial charge in [0, 0.05) is 28.1 Å². The van der Waals surface area contributed by atoms with Crippen LogP contribution in [0.2, 0.25) is 0 Å². The van der Waals surface area contributed by atoms with Crippen LogP contribution in [0.5, 0.6) is 0 Å². The van der Waals surface area contributed by atoms with Crippen molar-refractivity contribution in [2.45, 2.75) is 0 Å². The van der Waals surface area contributed by atoms with Gasteiger partial charge in [0.15, 0.2) is 0 Å². The summed E-state index contributed by atoms with van der Waals surface area (Å²) in [6, 6.07) is 29.1. The van der Waals surface area contributed by atoms with Gasteiger partial charge in [-0.25, -0.2) is 0 Å². The number of thiazole rings is 1. The quantitative estimate of drug-likeness (QED) is 0.348. The third-order valence-electron chi connectivity index (χ3n) is 5.13. The van der Waals surface area contributed by atoms with Gasteiger partial charge in [-0.05, 0) is 12.1 Å². The molecule has 6 aromatic rings. The van der Waals surface area contributed by atoms with E-state index in [9.17, 15) is 0 Å². The molecule has 0 fully saturated rings. The van der Waals surface area contributed by atoms with Crippen LogP contribution in [-0.4, -0.2) is 14.6 Å². The number of hydrogen-bond acceptors (Lipinski definition) is 3. The summed E-state index contributed by atoms with van der Waals surface area (Å²) in [5.41, 5.74) is 5.25. The molecular formula is C24H15N3S. The summed E-state index contributed by atoms with van der Waals surface area (Å²) < 4.78 is 3.56. The molecule has 3 nitrogen and oxygen atoms in total. The number of aromatic nitrogens is 3. The van der Waals surface area contributed by atoms with Crippen LogP contribution in [0, 0.1) is 0 Å². The third-order valence-corrected chi connectivity index (χ3v) is 6.29. The minimum absolute atomic E-state index is 0.926. The first-order chi connectivity index (χ1) is 13.9. The summed E-state index contributed by atoms with van der Waals surface area (Å²) in [6.07, 6.45) is 2.22. The number of hydrogen-bond donors (Lipinski definition) is 0. The largest absolute Gasteiger partial charge is 0.306 e. The topological polar surface area (TPSA) is 30.2 Å². The standard InChI is InChI=1S/C24H15N3S/c1-3-9-16(10-4-1)22-18-15-27-19-13-7-8-14-20(19)28-24(27)21(18)23(26-25-22)17-11-5-2-6-12-17/h1-15H. The van der Waals surface area contributed by atoms with Crippen LogP contribution in [0.4, 0.5) is 0 Å². The van der Waals surface area contributed by atoms with Crippen molar-refractivity contribution in [3.05, 3.63) is 91.1 Å². The maximum absolute atomic E-state index is 4.69. The molecule has 0 atom stereocenters. The molecule has 0 amide bonds. The average molecular weight is 377 g/mol. The molecule has 0 aliphatic rings. The van der Waals surface area contributed by atoms with Crippen LogP contribution in [0.25, 0.3) is 48.3 Å². The molecule has 0 aliphatic carbocycles. The molecule has 0 aliphatic heterocycles. The van der Waals surface area contributed by atoms with Gasteiger partial charge in [0.05, 0.1) is 10.2 Å². The molecule has 3 aromatic carbocycles. The number of rotatable bonds is 2. The predicted octanol–water partition coefficient (Wildman–Crippen LogP) is 6.43. The van der Waals surface area contributed by atoms with Crippen LogP contribution in [0.1, 0.15) is 0 Å². The fraction of sp³-hybridized carbons (Fsp3) is 0. The molecule has 6 rings (SSSR count). The highest BCUT2D eigenvalue weighted by Gasteiger charge is 2.19. The van der Waals surface area contributed by atoms with Crippen LogP contribution in [0.15, 0.2) is 91.1 Å². The molecule has 0 unspecified atom stereocenters. The Bertz CT molecular complexity index is 1450. The fourth-order valence-electron chi connectivity index (χ4n) is 3.83. The summed E-state index contributed by atoms with van der Waals surface area (Å²) in [4.78, 5) is 1.21. The number of nitrogens with zero attached hydrogens (tertiary/aromatic N) is 3. The van der Waals surface area contributed by atoms with E-state index in [1.807, 2.05) is 36.4 Å². The normalized spacial score (nSPS) is 11.6. The van der Waals surface area contributed by atoms with E-state index in [0.29, 0.717) is 0 Å². The van der Waals surface area contributed by atoms with Crippen molar-refractivity contribution >= 4 is 37.2 Å². The highest BCUT2D eigenvalue weighted by molar-refractivity contribution is 7.24. The molecule has 3 heterocycles. The summed E-state index contributed by atoms with van der Waals surface area (Å²) in [6.45, 7) is 0. The molecule has 0 spiro atoms. The zero-order valence-corrected chi connectivity index (χ0v) is 15.7. The van der Waals surface area contributed by atoms with Crippen molar-refractivity contribution in [3.8, 4) is 22.5 Å². The molecule has 4 heteroatoms. The van der Waals surface area contributed by atoms with Gasteiger partial charge >= 0.3 is 0 Å². The summed E-state index contributed by atoms with van der Waals surface area (Å²) >= 11 is 1.81. The smallest absolute Gasteiger partial charge is 0.111 e. The van der Waals surface area contributed by atoms with Crippen molar-refractivity contribution in [2.24, 2.45) is 0 Å². The minimum atomic E-state index is 0.926. The second-order valence-corrected chi connectivity index (χ2v) is 7.82. The lowest BCUT2D eigenvalue weighted by atomic mass is 10.0. The van der Waals surface area contributed by atoms with Gasteiger partial charge in [-0.2, -0.15) is 0 Å². The Balaban J connectivity index is 1.79. The Hall–Kier alpha value is -3.50. The monoisotopic (exact) mass is 377 g/mol. The lowest BCUT2D eigenvalue weighted by Crippen LogP contribution is -1.93. The lowest BCUT2D eigenvalue weighted by Gasteiger charge is -2.06. The Labute approximate surface area is 165 Å². The van der Waals surface area contributed by atoms with E-state index in [0.717, 1.165) is 27.9 Å². The highest BCUT2D eigenvalue weighted by Crippen LogP contribution is 2.40. The van der Waals surface area contributed by atoms with Gasteiger partial charge in [0.1, 0.15) is 16.2 Å². The van der Waals surface area contributed by atoms with Crippen molar-refractivity contribution < 1.29 is 0 Å². The first-order valence-corrected chi connectivity index (χ1v) is 10.0. The van der Waals surface area contributed by atoms with Crippen LogP contribution in [0.3, 0.4) is 0 Å². The van der Waals surface area contributed by atoms with E-state index in [2.05, 4.69) is 69.3 Å². The number of benzene rings is 3. The van der Waals surface area contributed by atoms with Crippen LogP contribution in [-0.2, 0) is 0 Å². The molecule has 132 valence electrons. The third kappa shape index (κ3) is 2.22. The van der Waals surface area contributed by atoms with Gasteiger partial charge in [0.25, 0.3) is 0 Å². The van der Waals surface area contributed by atoms with Crippen molar-refractivity contribution in [2.75, 3.05) is 0 Å². The Morgan fingerprint density at radius 1 is 0.643 bits per heavy atom. The van der Waals surface area contributed by atoms with Gasteiger partial charge in [-0.1, -0.05) is 72.8 Å². The lowest BCUT2D eigenvalue weighted by molar-refractivity contribution is 1.06. The maximum Gasteiger partial charge on any atom is 0.111 e. The first kappa shape index (κ1) is 15.5. The highest BCUT2D eigenvalue weighted by atomic mass is 32.1. The van der Waals surface area contributed by atoms with E-state index in [-0.39, 0.29) is 0 Å². The molecule has 0 saturated carbocycles. The molecular weight excluding hydrogens is 362 g/mol. The summed E-state index contributed by atoms with van der Waals surface area (Å²) in [5, 5.41) is 11.6. The van der Waals surface area contributed by atoms with Crippen LogP contribution >= 0.6 is 11.3 Å². The van der Waals surface area contributed by atoms with Gasteiger partial charge in [-0.15, -0.1) is 21.5 Å². The van der Waals surface area contributed by atoms with Crippen molar-refractivity contribution in [3.63, 3.8) is 0 Å². The van der Waals surface area contributed by atoms with Crippen molar-refractivity contribution in [1.82, 2.24) is 14.6 Å². The second kappa shape index (κ2) is 6.01. The molecule has 28 heavy (non-hydrogen) atoms. The van der Waals surface area contributed by atoms with Crippen molar-refractivity contribution in [1.29, 1.82) is 0 Å². The maximum atomic E-state index is 4.69. The predicted molar refractivity (Wildman–Crippen MR) is 117 cm³/mol. The molecule has 0 saturated heterocycles. The number of para-hydroxylation sites is 1. The van der Waals surface area contributed by atoms with E-state index in [1.54, 1.807) is 11.3 Å². The Morgan fingerprint density at radius 3 is 2.00 bits per heavy atom. The first-order valence-electron chi connectivity index (χ1n) is 9.20. The van der Waals surface area contributed by atoms with Gasteiger partial charge in [-0.3, -0.25) is 0 Å². The Morgan fingerprint density at radius 2 is 1.25 bits per heavy atom. The van der Waals surface area contributed by atoms with E-state index < -0.39 is 0 Å². The number of fused-ring (bicyclic) bond motifs is 5. The SMILES string of the molecule is c1ccc(-c2nnc(-c3ccccc3)c3c2cn2c4ccccc4sc32)cc1. The second-order valence-electron chi connectivity index (χ2n) is 6.79. The zero-order chi connectivity index (χ0) is 18.5. The minimum Gasteiger partial charge on any atom is -0.306 e. The zero-order valence-electron chi connectivity index (χ0n) is 14.9. The van der Waals surface area contributed by atoms with Crippen LogP contribution < -0.4 is 0 Å². The Kier molecular flexibility index (Phi) is 3.34. The van der Waals surface area contributed by atoms with E-state index >= 15 is 0 Å². The molecule has 3 aromatic heterocycles. The van der Waals surface area contributed by atoms with E-state index in [1.165, 1.54) is 20.4 Å². The van der Waals surface area contributed by atoms with Gasteiger partial charge in [0.2, 0.25) is 0 Å². The summed E-state index contributed by atoms with van der Waals surface area (Å²) in [5.74, 6) is 0. The fourth-order valence-corrected chi connectivity index (χ4v) is 5.02. The summed E-state index contributed by atoms with van der Waals surface area (Å²) in [7, 11) is 0. The molecule has 0 N–H and O–H groups in total. The average Bonchev–Trinajstić information content (AvgIpc) is 3.31. The molecule has 0 radical (unpaired) electrons. The van der Waals surface area contributed by atoms with Gasteiger partial charge < -0.3 is 4.40 Å². The van der Waals surface area contributed by atoms with E-state index in [4.69, 9.17) is 0 Å².